The zero-order valence-electron chi connectivity index (χ0n) is 14.2. The van der Waals surface area contributed by atoms with Gasteiger partial charge in [0.1, 0.15) is 12.3 Å². The molecule has 0 radical (unpaired) electrons. The summed E-state index contributed by atoms with van der Waals surface area (Å²) in [5.74, 6) is -0.980. The fourth-order valence-electron chi connectivity index (χ4n) is 2.27. The number of carbonyl (C=O) groups excluding carboxylic acids is 2. The van der Waals surface area contributed by atoms with Gasteiger partial charge in [0.25, 0.3) is 0 Å². The van der Waals surface area contributed by atoms with Gasteiger partial charge in [-0.15, -0.1) is 0 Å². The Hall–Kier alpha value is -3.29. The van der Waals surface area contributed by atoms with Crippen LogP contribution in [0.4, 0.5) is 4.79 Å². The van der Waals surface area contributed by atoms with E-state index in [1.807, 2.05) is 30.3 Å². The van der Waals surface area contributed by atoms with Crippen LogP contribution in [0.1, 0.15) is 11.3 Å². The fraction of sp³-hybridized carbons (Fsp3) is 0.278. The molecule has 1 aromatic carbocycles. The van der Waals surface area contributed by atoms with Crippen LogP contribution in [0.2, 0.25) is 0 Å². The molecule has 0 saturated heterocycles. The predicted molar refractivity (Wildman–Crippen MR) is 93.3 cm³/mol. The van der Waals surface area contributed by atoms with Gasteiger partial charge in [0.05, 0.1) is 19.4 Å². The highest BCUT2D eigenvalue weighted by Crippen LogP contribution is 2.02. The molecule has 1 aromatic heterocycles. The monoisotopic (exact) mass is 359 g/mol. The molecule has 8 heteroatoms. The van der Waals surface area contributed by atoms with Crippen LogP contribution in [0.15, 0.2) is 53.1 Å². The smallest absolute Gasteiger partial charge is 0.323 e. The topological polar surface area (TPSA) is 112 Å². The Morgan fingerprint density at radius 1 is 1.04 bits per heavy atom. The number of nitrogens with one attached hydrogen (secondary N) is 2. The third kappa shape index (κ3) is 6.68. The van der Waals surface area contributed by atoms with Crippen LogP contribution in [-0.2, 0) is 22.6 Å². The maximum Gasteiger partial charge on any atom is 0.323 e. The molecule has 1 heterocycles. The highest BCUT2D eigenvalue weighted by atomic mass is 16.4. The zero-order chi connectivity index (χ0) is 18.8. The summed E-state index contributed by atoms with van der Waals surface area (Å²) in [6.07, 6.45) is 2.03. The standard InChI is InChI=1S/C18H21N3O5/c22-16(12-20-18(25)19-11-15-7-4-10-26-15)21(13-17(23)24)9-8-14-5-2-1-3-6-14/h1-7,10H,8-9,11-13H2,(H,23,24)(H2,19,20,25). The van der Waals surface area contributed by atoms with E-state index in [2.05, 4.69) is 10.6 Å². The van der Waals surface area contributed by atoms with Crippen molar-refractivity contribution in [3.05, 3.63) is 60.1 Å². The summed E-state index contributed by atoms with van der Waals surface area (Å²) in [6, 6.07) is 12.3. The third-order valence-electron chi connectivity index (χ3n) is 3.60. The van der Waals surface area contributed by atoms with Crippen LogP contribution in [0, 0.1) is 0 Å². The molecule has 138 valence electrons. The van der Waals surface area contributed by atoms with Crippen LogP contribution in [0.3, 0.4) is 0 Å². The molecule has 2 aromatic rings. The van der Waals surface area contributed by atoms with Crippen molar-refractivity contribution < 1.29 is 23.9 Å². The van der Waals surface area contributed by atoms with Crippen LogP contribution in [-0.4, -0.2) is 47.5 Å². The highest BCUT2D eigenvalue weighted by molar-refractivity contribution is 5.86. The minimum atomic E-state index is -1.10. The Kier molecular flexibility index (Phi) is 7.23. The number of hydrogen-bond donors (Lipinski definition) is 3. The molecule has 0 aliphatic carbocycles. The first kappa shape index (κ1) is 19.0. The maximum atomic E-state index is 12.2. The number of hydrogen-bond acceptors (Lipinski definition) is 4. The number of carboxylic acids is 1. The van der Waals surface area contributed by atoms with Gasteiger partial charge < -0.3 is 25.1 Å². The van der Waals surface area contributed by atoms with E-state index in [0.29, 0.717) is 12.2 Å². The Balaban J connectivity index is 1.79. The van der Waals surface area contributed by atoms with E-state index in [4.69, 9.17) is 9.52 Å². The van der Waals surface area contributed by atoms with Crippen molar-refractivity contribution in [3.8, 4) is 0 Å². The van der Waals surface area contributed by atoms with Crippen molar-refractivity contribution in [1.82, 2.24) is 15.5 Å². The molecular weight excluding hydrogens is 338 g/mol. The summed E-state index contributed by atoms with van der Waals surface area (Å²) in [6.45, 7) is -0.252. The molecule has 3 N–H and O–H groups in total. The summed E-state index contributed by atoms with van der Waals surface area (Å²) < 4.78 is 5.08. The fourth-order valence-corrected chi connectivity index (χ4v) is 2.27. The van der Waals surface area contributed by atoms with E-state index in [0.717, 1.165) is 5.56 Å². The van der Waals surface area contributed by atoms with Crippen molar-refractivity contribution in [1.29, 1.82) is 0 Å². The summed E-state index contributed by atoms with van der Waals surface area (Å²) in [7, 11) is 0. The predicted octanol–water partition coefficient (Wildman–Crippen LogP) is 1.23. The molecular formula is C18H21N3O5. The summed E-state index contributed by atoms with van der Waals surface area (Å²) in [5.41, 5.74) is 1.000. The number of furan rings is 1. The van der Waals surface area contributed by atoms with Gasteiger partial charge in [-0.3, -0.25) is 9.59 Å². The molecule has 0 atom stereocenters. The van der Waals surface area contributed by atoms with Crippen molar-refractivity contribution in [2.24, 2.45) is 0 Å². The minimum absolute atomic E-state index is 0.194. The highest BCUT2D eigenvalue weighted by Gasteiger charge is 2.17. The number of aliphatic carboxylic acids is 1. The van der Waals surface area contributed by atoms with E-state index >= 15 is 0 Å². The largest absolute Gasteiger partial charge is 0.480 e. The Bertz CT molecular complexity index is 716. The van der Waals surface area contributed by atoms with E-state index in [1.54, 1.807) is 12.1 Å². The molecule has 2 rings (SSSR count). The lowest BCUT2D eigenvalue weighted by molar-refractivity contribution is -0.144. The second-order valence-electron chi connectivity index (χ2n) is 5.56. The molecule has 0 saturated carbocycles. The Labute approximate surface area is 150 Å². The average molecular weight is 359 g/mol. The van der Waals surface area contributed by atoms with Gasteiger partial charge in [-0.2, -0.15) is 0 Å². The third-order valence-corrected chi connectivity index (χ3v) is 3.60. The van der Waals surface area contributed by atoms with Crippen molar-refractivity contribution in [3.63, 3.8) is 0 Å². The Morgan fingerprint density at radius 3 is 2.46 bits per heavy atom. The number of urea groups is 1. The first-order valence-electron chi connectivity index (χ1n) is 8.12. The van der Waals surface area contributed by atoms with Gasteiger partial charge in [-0.1, -0.05) is 30.3 Å². The van der Waals surface area contributed by atoms with Crippen LogP contribution in [0.25, 0.3) is 0 Å². The Morgan fingerprint density at radius 2 is 1.81 bits per heavy atom. The lowest BCUT2D eigenvalue weighted by Crippen LogP contribution is -2.45. The van der Waals surface area contributed by atoms with Gasteiger partial charge in [0.15, 0.2) is 0 Å². The number of rotatable bonds is 9. The van der Waals surface area contributed by atoms with E-state index in [1.165, 1.54) is 11.2 Å². The number of carbonyl (C=O) groups is 3. The number of benzene rings is 1. The van der Waals surface area contributed by atoms with E-state index < -0.39 is 24.5 Å². The number of amides is 3. The first-order valence-corrected chi connectivity index (χ1v) is 8.12. The molecule has 0 fully saturated rings. The zero-order valence-corrected chi connectivity index (χ0v) is 14.2. The average Bonchev–Trinajstić information content (AvgIpc) is 3.15. The first-order chi connectivity index (χ1) is 12.5. The van der Waals surface area contributed by atoms with Crippen molar-refractivity contribution in [2.75, 3.05) is 19.6 Å². The summed E-state index contributed by atoms with van der Waals surface area (Å²) >= 11 is 0. The lowest BCUT2D eigenvalue weighted by Gasteiger charge is -2.21. The van der Waals surface area contributed by atoms with Crippen molar-refractivity contribution >= 4 is 17.9 Å². The van der Waals surface area contributed by atoms with E-state index in [9.17, 15) is 14.4 Å². The van der Waals surface area contributed by atoms with Crippen molar-refractivity contribution in [2.45, 2.75) is 13.0 Å². The molecule has 0 spiro atoms. The van der Waals surface area contributed by atoms with Gasteiger partial charge in [-0.25, -0.2) is 4.79 Å². The molecule has 8 nitrogen and oxygen atoms in total. The van der Waals surface area contributed by atoms with Gasteiger partial charge in [0, 0.05) is 6.54 Å². The number of carboxylic acid groups (broad SMARTS) is 1. The normalized spacial score (nSPS) is 10.2. The second-order valence-corrected chi connectivity index (χ2v) is 5.56. The molecule has 0 aliphatic rings. The molecule has 3 amide bonds. The van der Waals surface area contributed by atoms with Gasteiger partial charge in [-0.05, 0) is 24.1 Å². The van der Waals surface area contributed by atoms with Gasteiger partial charge in [0.2, 0.25) is 5.91 Å². The molecule has 0 unspecified atom stereocenters. The molecule has 0 bridgehead atoms. The van der Waals surface area contributed by atoms with Crippen LogP contribution < -0.4 is 10.6 Å². The molecule has 26 heavy (non-hydrogen) atoms. The quantitative estimate of drug-likeness (QED) is 0.623. The second kappa shape index (κ2) is 9.87. The lowest BCUT2D eigenvalue weighted by atomic mass is 10.1. The van der Waals surface area contributed by atoms with Crippen LogP contribution >= 0.6 is 0 Å². The summed E-state index contributed by atoms with van der Waals surface area (Å²) in [5, 5.41) is 14.0. The molecule has 0 aliphatic heterocycles. The van der Waals surface area contributed by atoms with Crippen LogP contribution in [0.5, 0.6) is 0 Å². The SMILES string of the molecule is O=C(O)CN(CCc1ccccc1)C(=O)CNC(=O)NCc1ccco1. The van der Waals surface area contributed by atoms with Gasteiger partial charge >= 0.3 is 12.0 Å². The van der Waals surface area contributed by atoms with E-state index in [-0.39, 0.29) is 19.6 Å². The minimum Gasteiger partial charge on any atom is -0.480 e. The number of nitrogens with zero attached hydrogens (tertiary/aromatic N) is 1. The maximum absolute atomic E-state index is 12.2. The summed E-state index contributed by atoms with van der Waals surface area (Å²) in [4.78, 5) is 36.2.